The summed E-state index contributed by atoms with van der Waals surface area (Å²) in [7, 11) is 0. The molecule has 0 unspecified atom stereocenters. The number of carbonyl (C=O) groups excluding carboxylic acids is 1. The average molecular weight is 318 g/mol. The first-order valence-corrected chi connectivity index (χ1v) is 7.00. The topological polar surface area (TPSA) is 50.4 Å². The second-order valence-corrected chi connectivity index (χ2v) is 4.97. The zero-order chi connectivity index (χ0) is 15.9. The molecule has 2 N–H and O–H groups in total. The highest BCUT2D eigenvalue weighted by molar-refractivity contribution is 7.80. The summed E-state index contributed by atoms with van der Waals surface area (Å²) in [5.41, 5.74) is 1.54. The molecule has 4 nitrogen and oxygen atoms in total. The third-order valence-electron chi connectivity index (χ3n) is 2.81. The first-order valence-electron chi connectivity index (χ1n) is 6.59. The minimum Gasteiger partial charge on any atom is -0.483 e. The van der Waals surface area contributed by atoms with Gasteiger partial charge in [0.2, 0.25) is 0 Å². The normalized spacial score (nSPS) is 9.91. The molecular formula is C16H15FN2O2S. The number of hydrogen-bond acceptors (Lipinski definition) is 3. The van der Waals surface area contributed by atoms with Crippen LogP contribution >= 0.6 is 12.2 Å². The third kappa shape index (κ3) is 4.82. The van der Waals surface area contributed by atoms with Gasteiger partial charge in [0.1, 0.15) is 11.6 Å². The number of thiocarbonyl (C=S) groups is 1. The van der Waals surface area contributed by atoms with Crippen LogP contribution in [0.1, 0.15) is 5.56 Å². The van der Waals surface area contributed by atoms with Crippen molar-refractivity contribution >= 4 is 28.9 Å². The Balaban J connectivity index is 1.80. The van der Waals surface area contributed by atoms with E-state index in [1.165, 1.54) is 24.3 Å². The van der Waals surface area contributed by atoms with Crippen LogP contribution in [0.25, 0.3) is 0 Å². The zero-order valence-corrected chi connectivity index (χ0v) is 12.7. The van der Waals surface area contributed by atoms with Crippen molar-refractivity contribution < 1.29 is 13.9 Å². The molecule has 0 atom stereocenters. The van der Waals surface area contributed by atoms with E-state index in [1.807, 2.05) is 25.1 Å². The Hall–Kier alpha value is -2.47. The summed E-state index contributed by atoms with van der Waals surface area (Å²) in [5.74, 6) is -0.0648. The smallest absolute Gasteiger partial charge is 0.264 e. The van der Waals surface area contributed by atoms with Crippen molar-refractivity contribution in [2.24, 2.45) is 0 Å². The first-order chi connectivity index (χ1) is 10.5. The number of hydrogen-bond donors (Lipinski definition) is 2. The van der Waals surface area contributed by atoms with Gasteiger partial charge in [-0.3, -0.25) is 10.1 Å². The van der Waals surface area contributed by atoms with Crippen LogP contribution in [0.4, 0.5) is 10.1 Å². The van der Waals surface area contributed by atoms with Crippen molar-refractivity contribution in [3.8, 4) is 5.75 Å². The quantitative estimate of drug-likeness (QED) is 0.851. The zero-order valence-electron chi connectivity index (χ0n) is 11.9. The summed E-state index contributed by atoms with van der Waals surface area (Å²) in [6.07, 6.45) is 0. The molecule has 0 spiro atoms. The summed E-state index contributed by atoms with van der Waals surface area (Å²) >= 11 is 5.01. The minimum absolute atomic E-state index is 0.130. The SMILES string of the molecule is Cc1ccccc1OCC(=O)NC(=S)Nc1ccc(F)cc1. The van der Waals surface area contributed by atoms with E-state index in [0.29, 0.717) is 11.4 Å². The monoisotopic (exact) mass is 318 g/mol. The Morgan fingerprint density at radius 2 is 1.86 bits per heavy atom. The predicted octanol–water partition coefficient (Wildman–Crippen LogP) is 3.03. The number of anilines is 1. The molecule has 1 amide bonds. The molecule has 22 heavy (non-hydrogen) atoms. The van der Waals surface area contributed by atoms with Crippen molar-refractivity contribution in [1.29, 1.82) is 0 Å². The van der Waals surface area contributed by atoms with Crippen molar-refractivity contribution in [3.05, 3.63) is 59.9 Å². The van der Waals surface area contributed by atoms with Crippen molar-refractivity contribution in [1.82, 2.24) is 5.32 Å². The lowest BCUT2D eigenvalue weighted by molar-refractivity contribution is -0.121. The van der Waals surface area contributed by atoms with Crippen molar-refractivity contribution in [2.75, 3.05) is 11.9 Å². The Morgan fingerprint density at radius 1 is 1.18 bits per heavy atom. The fourth-order valence-electron chi connectivity index (χ4n) is 1.72. The summed E-state index contributed by atoms with van der Waals surface area (Å²) in [5, 5.41) is 5.41. The number of carbonyl (C=O) groups is 1. The van der Waals surface area contributed by atoms with Crippen LogP contribution in [0.2, 0.25) is 0 Å². The van der Waals surface area contributed by atoms with E-state index in [4.69, 9.17) is 17.0 Å². The second kappa shape index (κ2) is 7.51. The fraction of sp³-hybridized carbons (Fsp3) is 0.125. The van der Waals surface area contributed by atoms with E-state index in [-0.39, 0.29) is 23.4 Å². The molecule has 2 aromatic rings. The van der Waals surface area contributed by atoms with Gasteiger partial charge < -0.3 is 10.1 Å². The van der Waals surface area contributed by atoms with Gasteiger partial charge in [-0.15, -0.1) is 0 Å². The van der Waals surface area contributed by atoms with E-state index in [1.54, 1.807) is 6.07 Å². The van der Waals surface area contributed by atoms with Gasteiger partial charge in [-0.2, -0.15) is 0 Å². The summed E-state index contributed by atoms with van der Waals surface area (Å²) in [6.45, 7) is 1.75. The molecule has 0 radical (unpaired) electrons. The Morgan fingerprint density at radius 3 is 2.55 bits per heavy atom. The average Bonchev–Trinajstić information content (AvgIpc) is 2.49. The maximum atomic E-state index is 12.8. The molecule has 0 bridgehead atoms. The summed E-state index contributed by atoms with van der Waals surface area (Å²) in [4.78, 5) is 11.8. The van der Waals surface area contributed by atoms with Crippen LogP contribution in [0.15, 0.2) is 48.5 Å². The van der Waals surface area contributed by atoms with Gasteiger partial charge in [-0.1, -0.05) is 18.2 Å². The van der Waals surface area contributed by atoms with Gasteiger partial charge in [0.25, 0.3) is 5.91 Å². The molecule has 114 valence electrons. The predicted molar refractivity (Wildman–Crippen MR) is 87.4 cm³/mol. The molecule has 2 aromatic carbocycles. The lowest BCUT2D eigenvalue weighted by Gasteiger charge is -2.11. The van der Waals surface area contributed by atoms with E-state index >= 15 is 0 Å². The van der Waals surface area contributed by atoms with Crippen LogP contribution in [0, 0.1) is 12.7 Å². The molecule has 0 aliphatic heterocycles. The van der Waals surface area contributed by atoms with Gasteiger partial charge in [0.15, 0.2) is 11.7 Å². The molecule has 0 aliphatic rings. The number of rotatable bonds is 4. The van der Waals surface area contributed by atoms with E-state index in [0.717, 1.165) is 5.56 Å². The number of benzene rings is 2. The van der Waals surface area contributed by atoms with Crippen LogP contribution in [0.3, 0.4) is 0 Å². The highest BCUT2D eigenvalue weighted by Gasteiger charge is 2.07. The van der Waals surface area contributed by atoms with E-state index < -0.39 is 0 Å². The van der Waals surface area contributed by atoms with Gasteiger partial charge >= 0.3 is 0 Å². The molecule has 2 rings (SSSR count). The number of para-hydroxylation sites is 1. The van der Waals surface area contributed by atoms with Gasteiger partial charge in [0.05, 0.1) is 0 Å². The Bertz CT molecular complexity index is 674. The highest BCUT2D eigenvalue weighted by Crippen LogP contribution is 2.15. The lowest BCUT2D eigenvalue weighted by atomic mass is 10.2. The van der Waals surface area contributed by atoms with Crippen molar-refractivity contribution in [3.63, 3.8) is 0 Å². The summed E-state index contributed by atoms with van der Waals surface area (Å²) in [6, 6.07) is 13.1. The standard InChI is InChI=1S/C16H15FN2O2S/c1-11-4-2-3-5-14(11)21-10-15(20)19-16(22)18-13-8-6-12(17)7-9-13/h2-9H,10H2,1H3,(H2,18,19,20,22). The molecule has 0 heterocycles. The minimum atomic E-state index is -0.372. The highest BCUT2D eigenvalue weighted by atomic mass is 32.1. The Kier molecular flexibility index (Phi) is 5.43. The lowest BCUT2D eigenvalue weighted by Crippen LogP contribution is -2.37. The Labute approximate surface area is 133 Å². The van der Waals surface area contributed by atoms with E-state index in [9.17, 15) is 9.18 Å². The van der Waals surface area contributed by atoms with Crippen molar-refractivity contribution in [2.45, 2.75) is 6.92 Å². The molecule has 0 saturated heterocycles. The van der Waals surface area contributed by atoms with Gasteiger partial charge in [-0.25, -0.2) is 4.39 Å². The first kappa shape index (κ1) is 15.9. The fourth-order valence-corrected chi connectivity index (χ4v) is 1.95. The van der Waals surface area contributed by atoms with Crippen LogP contribution in [-0.2, 0) is 4.79 Å². The number of ether oxygens (including phenoxy) is 1. The number of amides is 1. The summed E-state index contributed by atoms with van der Waals surface area (Å²) < 4.78 is 18.2. The van der Waals surface area contributed by atoms with Crippen LogP contribution in [0.5, 0.6) is 5.75 Å². The van der Waals surface area contributed by atoms with Gasteiger partial charge in [-0.05, 0) is 55.0 Å². The van der Waals surface area contributed by atoms with Crippen LogP contribution in [-0.4, -0.2) is 17.6 Å². The third-order valence-corrected chi connectivity index (χ3v) is 3.01. The number of nitrogens with one attached hydrogen (secondary N) is 2. The molecular weight excluding hydrogens is 303 g/mol. The van der Waals surface area contributed by atoms with Gasteiger partial charge in [0, 0.05) is 5.69 Å². The maximum absolute atomic E-state index is 12.8. The molecule has 0 aromatic heterocycles. The van der Waals surface area contributed by atoms with Crippen LogP contribution < -0.4 is 15.4 Å². The molecule has 0 aliphatic carbocycles. The second-order valence-electron chi connectivity index (χ2n) is 4.56. The molecule has 0 fully saturated rings. The molecule has 0 saturated carbocycles. The molecule has 6 heteroatoms. The number of aryl methyl sites for hydroxylation is 1. The van der Waals surface area contributed by atoms with E-state index in [2.05, 4.69) is 10.6 Å². The number of halogens is 1. The largest absolute Gasteiger partial charge is 0.483 e. The maximum Gasteiger partial charge on any atom is 0.264 e.